The molecule has 18 heavy (non-hydrogen) atoms. The number of aliphatic hydroxyl groups is 1. The van der Waals surface area contributed by atoms with E-state index in [0.29, 0.717) is 12.5 Å². The van der Waals surface area contributed by atoms with Crippen LogP contribution in [0, 0.1) is 5.92 Å². The third-order valence-corrected chi connectivity index (χ3v) is 4.58. The normalized spacial score (nSPS) is 28.3. The molecule has 1 fully saturated rings. The minimum atomic E-state index is -3.19. The molecule has 3 atom stereocenters. The van der Waals surface area contributed by atoms with Crippen LogP contribution in [0.3, 0.4) is 0 Å². The summed E-state index contributed by atoms with van der Waals surface area (Å²) in [4.78, 5) is 11.7. The van der Waals surface area contributed by atoms with E-state index in [4.69, 9.17) is 0 Å². The molecule has 0 saturated carbocycles. The Morgan fingerprint density at radius 2 is 1.94 bits per heavy atom. The third-order valence-electron chi connectivity index (χ3n) is 2.86. The molecule has 6 nitrogen and oxygen atoms in total. The van der Waals surface area contributed by atoms with Crippen LogP contribution in [0.1, 0.15) is 20.8 Å². The Kier molecular flexibility index (Phi) is 5.12. The summed E-state index contributed by atoms with van der Waals surface area (Å²) in [5.41, 5.74) is 0. The van der Waals surface area contributed by atoms with E-state index in [0.717, 1.165) is 0 Å². The van der Waals surface area contributed by atoms with Gasteiger partial charge in [0.25, 0.3) is 0 Å². The molecule has 0 bridgehead atoms. The van der Waals surface area contributed by atoms with E-state index in [1.807, 2.05) is 13.8 Å². The molecule has 1 aliphatic heterocycles. The smallest absolute Gasteiger partial charge is 0.236 e. The number of carbonyl (C=O) groups is 1. The van der Waals surface area contributed by atoms with Crippen LogP contribution < -0.4 is 10.6 Å². The van der Waals surface area contributed by atoms with Gasteiger partial charge in [-0.1, -0.05) is 13.8 Å². The highest BCUT2D eigenvalue weighted by atomic mass is 32.2. The Morgan fingerprint density at radius 3 is 2.39 bits per heavy atom. The van der Waals surface area contributed by atoms with Crippen LogP contribution in [0.15, 0.2) is 0 Å². The molecule has 3 unspecified atom stereocenters. The van der Waals surface area contributed by atoms with Gasteiger partial charge in [-0.15, -0.1) is 0 Å². The molecule has 0 spiro atoms. The zero-order valence-corrected chi connectivity index (χ0v) is 11.8. The predicted molar refractivity (Wildman–Crippen MR) is 68.9 cm³/mol. The fraction of sp³-hybridized carbons (Fsp3) is 0.909. The van der Waals surface area contributed by atoms with Crippen molar-refractivity contribution in [2.75, 3.05) is 18.1 Å². The van der Waals surface area contributed by atoms with Crippen LogP contribution in [0.25, 0.3) is 0 Å². The minimum Gasteiger partial charge on any atom is -0.390 e. The van der Waals surface area contributed by atoms with Crippen molar-refractivity contribution >= 4 is 15.7 Å². The quantitative estimate of drug-likeness (QED) is 0.593. The molecular weight excluding hydrogens is 256 g/mol. The molecule has 1 heterocycles. The van der Waals surface area contributed by atoms with Crippen molar-refractivity contribution in [2.24, 2.45) is 5.92 Å². The largest absolute Gasteiger partial charge is 0.390 e. The predicted octanol–water partition coefficient (Wildman–Crippen LogP) is -1.11. The van der Waals surface area contributed by atoms with E-state index in [1.54, 1.807) is 6.92 Å². The number of nitrogens with one attached hydrogen (secondary N) is 2. The summed E-state index contributed by atoms with van der Waals surface area (Å²) in [7, 11) is -3.19. The fourth-order valence-electron chi connectivity index (χ4n) is 1.84. The molecule has 1 saturated heterocycles. The zero-order chi connectivity index (χ0) is 13.9. The van der Waals surface area contributed by atoms with E-state index in [1.165, 1.54) is 0 Å². The van der Waals surface area contributed by atoms with Gasteiger partial charge in [0.1, 0.15) is 0 Å². The number of hydrogen-bond donors (Lipinski definition) is 3. The van der Waals surface area contributed by atoms with Crippen molar-refractivity contribution in [1.82, 2.24) is 10.6 Å². The first-order valence-electron chi connectivity index (χ1n) is 6.13. The maximum absolute atomic E-state index is 11.7. The number of hydrogen-bond acceptors (Lipinski definition) is 5. The lowest BCUT2D eigenvalue weighted by molar-refractivity contribution is -0.123. The van der Waals surface area contributed by atoms with Crippen LogP contribution in [0.2, 0.25) is 0 Å². The first kappa shape index (κ1) is 15.4. The van der Waals surface area contributed by atoms with E-state index in [9.17, 15) is 18.3 Å². The lowest BCUT2D eigenvalue weighted by Crippen LogP contribution is -2.50. The maximum atomic E-state index is 11.7. The van der Waals surface area contributed by atoms with Crippen LogP contribution in [-0.2, 0) is 14.6 Å². The van der Waals surface area contributed by atoms with E-state index in [2.05, 4.69) is 10.6 Å². The fourth-order valence-corrected chi connectivity index (χ4v) is 3.60. The number of rotatable bonds is 5. The van der Waals surface area contributed by atoms with Crippen molar-refractivity contribution in [1.29, 1.82) is 0 Å². The Labute approximate surface area is 108 Å². The van der Waals surface area contributed by atoms with Gasteiger partial charge in [-0.3, -0.25) is 10.1 Å². The highest BCUT2D eigenvalue weighted by Gasteiger charge is 2.37. The van der Waals surface area contributed by atoms with E-state index < -0.39 is 28.0 Å². The van der Waals surface area contributed by atoms with Crippen molar-refractivity contribution in [2.45, 2.75) is 39.0 Å². The van der Waals surface area contributed by atoms with Crippen LogP contribution >= 0.6 is 0 Å². The Bertz CT molecular complexity index is 394. The molecule has 0 aliphatic carbocycles. The number of carbonyl (C=O) groups excluding carboxylic acids is 1. The summed E-state index contributed by atoms with van der Waals surface area (Å²) in [5.74, 6) is -0.167. The molecule has 0 aromatic heterocycles. The minimum absolute atomic E-state index is 0.115. The highest BCUT2D eigenvalue weighted by Crippen LogP contribution is 2.13. The third kappa shape index (κ3) is 4.55. The zero-order valence-electron chi connectivity index (χ0n) is 11.0. The SMILES string of the molecule is CC(C)CNC(=O)C(C)NC1CS(=O)(=O)CC1O. The Balaban J connectivity index is 2.45. The second-order valence-corrected chi connectivity index (χ2v) is 7.43. The van der Waals surface area contributed by atoms with Gasteiger partial charge in [0.05, 0.1) is 23.7 Å². The van der Waals surface area contributed by atoms with Gasteiger partial charge in [0.2, 0.25) is 5.91 Å². The molecule has 1 rings (SSSR count). The summed E-state index contributed by atoms with van der Waals surface area (Å²) in [6.07, 6.45) is -0.935. The van der Waals surface area contributed by atoms with Gasteiger partial charge < -0.3 is 10.4 Å². The monoisotopic (exact) mass is 278 g/mol. The average Bonchev–Trinajstić information content (AvgIpc) is 2.48. The molecule has 1 amide bonds. The van der Waals surface area contributed by atoms with E-state index >= 15 is 0 Å². The average molecular weight is 278 g/mol. The standard InChI is InChI=1S/C11H22N2O4S/c1-7(2)4-12-11(15)8(3)13-9-5-18(16,17)6-10(9)14/h7-10,13-14H,4-6H2,1-3H3,(H,12,15). The van der Waals surface area contributed by atoms with Crippen LogP contribution in [-0.4, -0.2) is 55.7 Å². The summed E-state index contributed by atoms with van der Waals surface area (Å²) in [6, 6.07) is -1.08. The second kappa shape index (κ2) is 5.99. The lowest BCUT2D eigenvalue weighted by atomic mass is 10.1. The van der Waals surface area contributed by atoms with Gasteiger partial charge >= 0.3 is 0 Å². The summed E-state index contributed by atoms with van der Waals surface area (Å²) in [6.45, 7) is 6.22. The molecule has 0 aromatic rings. The molecular formula is C11H22N2O4S. The van der Waals surface area contributed by atoms with Crippen molar-refractivity contribution in [3.63, 3.8) is 0 Å². The van der Waals surface area contributed by atoms with Crippen LogP contribution in [0.4, 0.5) is 0 Å². The van der Waals surface area contributed by atoms with Crippen molar-refractivity contribution in [3.8, 4) is 0 Å². The Morgan fingerprint density at radius 1 is 1.33 bits per heavy atom. The molecule has 106 valence electrons. The molecule has 1 aliphatic rings. The Hall–Kier alpha value is -0.660. The molecule has 0 radical (unpaired) electrons. The van der Waals surface area contributed by atoms with Gasteiger partial charge in [0, 0.05) is 12.6 Å². The maximum Gasteiger partial charge on any atom is 0.236 e. The molecule has 0 aromatic carbocycles. The van der Waals surface area contributed by atoms with Gasteiger partial charge in [-0.2, -0.15) is 0 Å². The summed E-state index contributed by atoms with van der Waals surface area (Å²) >= 11 is 0. The van der Waals surface area contributed by atoms with Crippen molar-refractivity contribution in [3.05, 3.63) is 0 Å². The van der Waals surface area contributed by atoms with Crippen molar-refractivity contribution < 1.29 is 18.3 Å². The number of aliphatic hydroxyl groups excluding tert-OH is 1. The first-order valence-corrected chi connectivity index (χ1v) is 7.95. The van der Waals surface area contributed by atoms with Gasteiger partial charge in [-0.05, 0) is 12.8 Å². The van der Waals surface area contributed by atoms with Crippen LogP contribution in [0.5, 0.6) is 0 Å². The van der Waals surface area contributed by atoms with Gasteiger partial charge in [0.15, 0.2) is 9.84 Å². The first-order chi connectivity index (χ1) is 8.21. The lowest BCUT2D eigenvalue weighted by Gasteiger charge is -2.20. The summed E-state index contributed by atoms with van der Waals surface area (Å²) in [5, 5.41) is 15.2. The number of amides is 1. The molecule has 3 N–H and O–H groups in total. The second-order valence-electron chi connectivity index (χ2n) is 5.28. The topological polar surface area (TPSA) is 95.5 Å². The summed E-state index contributed by atoms with van der Waals surface area (Å²) < 4.78 is 22.6. The van der Waals surface area contributed by atoms with Gasteiger partial charge in [-0.25, -0.2) is 8.42 Å². The molecule has 7 heteroatoms. The van der Waals surface area contributed by atoms with E-state index in [-0.39, 0.29) is 17.4 Å². The number of sulfone groups is 1. The highest BCUT2D eigenvalue weighted by molar-refractivity contribution is 7.91.